The maximum absolute atomic E-state index is 12.7. The Morgan fingerprint density at radius 3 is 2.71 bits per heavy atom. The van der Waals surface area contributed by atoms with Crippen molar-refractivity contribution in [3.8, 4) is 0 Å². The minimum atomic E-state index is -0.951. The first-order chi connectivity index (χ1) is 6.68. The summed E-state index contributed by atoms with van der Waals surface area (Å²) in [7, 11) is 0. The second kappa shape index (κ2) is 5.93. The van der Waals surface area contributed by atoms with Gasteiger partial charge in [0.15, 0.2) is 0 Å². The molecule has 0 aromatic carbocycles. The lowest BCUT2D eigenvalue weighted by Gasteiger charge is -2.28. The number of nitrogens with zero attached hydrogens (tertiary/aromatic N) is 1. The number of rotatable bonds is 5. The lowest BCUT2D eigenvalue weighted by molar-refractivity contribution is -0.142. The van der Waals surface area contributed by atoms with Crippen LogP contribution in [-0.2, 0) is 9.53 Å². The van der Waals surface area contributed by atoms with Crippen molar-refractivity contribution in [1.82, 2.24) is 4.90 Å². The number of ether oxygens (including phenoxy) is 1. The summed E-state index contributed by atoms with van der Waals surface area (Å²) in [6.07, 6.45) is 0.504. The van der Waals surface area contributed by atoms with Crippen molar-refractivity contribution < 1.29 is 19.0 Å². The van der Waals surface area contributed by atoms with Crippen LogP contribution in [0.25, 0.3) is 0 Å². The van der Waals surface area contributed by atoms with E-state index in [9.17, 15) is 9.18 Å². The predicted octanol–water partition coefficient (Wildman–Crippen LogP) is 0.521. The molecule has 4 nitrogen and oxygen atoms in total. The number of hydrogen-bond donors (Lipinski definition) is 1. The molecule has 0 bridgehead atoms. The van der Waals surface area contributed by atoms with Crippen molar-refractivity contribution >= 4 is 5.97 Å². The van der Waals surface area contributed by atoms with Gasteiger partial charge in [0.25, 0.3) is 0 Å². The summed E-state index contributed by atoms with van der Waals surface area (Å²) < 4.78 is 17.6. The predicted molar refractivity (Wildman–Crippen MR) is 49.0 cm³/mol. The molecule has 0 amide bonds. The zero-order chi connectivity index (χ0) is 10.4. The number of piperidine rings is 1. The minimum absolute atomic E-state index is 0.250. The molecule has 0 saturated carbocycles. The molecule has 0 atom stereocenters. The molecule has 0 aromatic heterocycles. The van der Waals surface area contributed by atoms with E-state index in [0.717, 1.165) is 13.1 Å². The number of carboxylic acids is 1. The van der Waals surface area contributed by atoms with Crippen LogP contribution >= 0.6 is 0 Å². The molecular weight excluding hydrogens is 189 g/mol. The number of carboxylic acid groups (broad SMARTS) is 1. The second-order valence-electron chi connectivity index (χ2n) is 3.46. The summed E-state index contributed by atoms with van der Waals surface area (Å²) in [5.41, 5.74) is 0. The van der Waals surface area contributed by atoms with Gasteiger partial charge in [0.1, 0.15) is 12.8 Å². The highest BCUT2D eigenvalue weighted by Crippen LogP contribution is 2.12. The van der Waals surface area contributed by atoms with E-state index < -0.39 is 12.1 Å². The van der Waals surface area contributed by atoms with E-state index in [1.165, 1.54) is 0 Å². The summed E-state index contributed by atoms with van der Waals surface area (Å²) in [5, 5.41) is 8.30. The fourth-order valence-corrected chi connectivity index (χ4v) is 1.48. The van der Waals surface area contributed by atoms with Crippen LogP contribution in [0, 0.1) is 0 Å². The molecule has 82 valence electrons. The SMILES string of the molecule is O=C(O)COCCN1CCC(F)CC1. The first kappa shape index (κ1) is 11.4. The number of carbonyl (C=O) groups is 1. The molecule has 5 heteroatoms. The summed E-state index contributed by atoms with van der Waals surface area (Å²) >= 11 is 0. The van der Waals surface area contributed by atoms with Gasteiger partial charge in [0.2, 0.25) is 0 Å². The van der Waals surface area contributed by atoms with Crippen LogP contribution < -0.4 is 0 Å². The Balaban J connectivity index is 1.99. The van der Waals surface area contributed by atoms with E-state index in [1.807, 2.05) is 0 Å². The minimum Gasteiger partial charge on any atom is -0.480 e. The first-order valence-electron chi connectivity index (χ1n) is 4.84. The van der Waals surface area contributed by atoms with Gasteiger partial charge >= 0.3 is 5.97 Å². The number of halogens is 1. The quantitative estimate of drug-likeness (QED) is 0.665. The van der Waals surface area contributed by atoms with Gasteiger partial charge in [-0.1, -0.05) is 0 Å². The molecule has 0 unspecified atom stereocenters. The summed E-state index contributed by atoms with van der Waals surface area (Å²) in [6, 6.07) is 0. The summed E-state index contributed by atoms with van der Waals surface area (Å²) in [4.78, 5) is 12.2. The van der Waals surface area contributed by atoms with Gasteiger partial charge in [0.05, 0.1) is 6.61 Å². The third kappa shape index (κ3) is 4.53. The molecule has 0 radical (unpaired) electrons. The van der Waals surface area contributed by atoms with Crippen molar-refractivity contribution in [3.63, 3.8) is 0 Å². The molecular formula is C9H16FNO3. The molecule has 1 rings (SSSR count). The molecule has 0 aliphatic carbocycles. The van der Waals surface area contributed by atoms with Crippen molar-refractivity contribution in [2.75, 3.05) is 32.8 Å². The van der Waals surface area contributed by atoms with Crippen molar-refractivity contribution in [1.29, 1.82) is 0 Å². The Labute approximate surface area is 82.6 Å². The Morgan fingerprint density at radius 2 is 2.14 bits per heavy atom. The van der Waals surface area contributed by atoms with E-state index in [-0.39, 0.29) is 6.61 Å². The number of hydrogen-bond acceptors (Lipinski definition) is 3. The third-order valence-electron chi connectivity index (χ3n) is 2.29. The molecule has 1 aliphatic rings. The van der Waals surface area contributed by atoms with Gasteiger partial charge in [-0.25, -0.2) is 9.18 Å². The zero-order valence-corrected chi connectivity index (χ0v) is 8.12. The Kier molecular flexibility index (Phi) is 4.82. The molecule has 0 aromatic rings. The highest BCUT2D eigenvalue weighted by Gasteiger charge is 2.17. The topological polar surface area (TPSA) is 49.8 Å². The van der Waals surface area contributed by atoms with Crippen LogP contribution in [0.15, 0.2) is 0 Å². The number of aliphatic carboxylic acids is 1. The maximum Gasteiger partial charge on any atom is 0.329 e. The zero-order valence-electron chi connectivity index (χ0n) is 8.12. The molecule has 1 aliphatic heterocycles. The Hall–Kier alpha value is -0.680. The molecule has 1 heterocycles. The van der Waals surface area contributed by atoms with Crippen LogP contribution in [0.4, 0.5) is 4.39 Å². The van der Waals surface area contributed by atoms with Gasteiger partial charge in [-0.05, 0) is 12.8 Å². The second-order valence-corrected chi connectivity index (χ2v) is 3.46. The van der Waals surface area contributed by atoms with E-state index in [4.69, 9.17) is 9.84 Å². The van der Waals surface area contributed by atoms with Crippen LogP contribution in [0.3, 0.4) is 0 Å². The molecule has 1 N–H and O–H groups in total. The monoisotopic (exact) mass is 205 g/mol. The van der Waals surface area contributed by atoms with Crippen LogP contribution in [-0.4, -0.2) is 55.0 Å². The molecule has 1 fully saturated rings. The third-order valence-corrected chi connectivity index (χ3v) is 2.29. The van der Waals surface area contributed by atoms with Crippen LogP contribution in [0.2, 0.25) is 0 Å². The van der Waals surface area contributed by atoms with Gasteiger partial charge in [0, 0.05) is 19.6 Å². The summed E-state index contributed by atoms with van der Waals surface area (Å²) in [5.74, 6) is -0.951. The fourth-order valence-electron chi connectivity index (χ4n) is 1.48. The fraction of sp³-hybridized carbons (Fsp3) is 0.889. The molecule has 1 saturated heterocycles. The highest BCUT2D eigenvalue weighted by atomic mass is 19.1. The number of likely N-dealkylation sites (tertiary alicyclic amines) is 1. The van der Waals surface area contributed by atoms with Gasteiger partial charge in [-0.3, -0.25) is 0 Å². The smallest absolute Gasteiger partial charge is 0.329 e. The van der Waals surface area contributed by atoms with Crippen LogP contribution in [0.5, 0.6) is 0 Å². The highest BCUT2D eigenvalue weighted by molar-refractivity contribution is 5.67. The lowest BCUT2D eigenvalue weighted by Crippen LogP contribution is -2.36. The van der Waals surface area contributed by atoms with Crippen molar-refractivity contribution in [3.05, 3.63) is 0 Å². The summed E-state index contributed by atoms with van der Waals surface area (Å²) in [6.45, 7) is 2.35. The maximum atomic E-state index is 12.7. The average molecular weight is 205 g/mol. The van der Waals surface area contributed by atoms with E-state index in [1.54, 1.807) is 0 Å². The lowest BCUT2D eigenvalue weighted by atomic mass is 10.1. The largest absolute Gasteiger partial charge is 0.480 e. The van der Waals surface area contributed by atoms with E-state index in [0.29, 0.717) is 26.0 Å². The Morgan fingerprint density at radius 1 is 1.50 bits per heavy atom. The molecule has 0 spiro atoms. The molecule has 14 heavy (non-hydrogen) atoms. The van der Waals surface area contributed by atoms with Gasteiger partial charge in [-0.2, -0.15) is 0 Å². The van der Waals surface area contributed by atoms with E-state index in [2.05, 4.69) is 4.90 Å². The van der Waals surface area contributed by atoms with Crippen molar-refractivity contribution in [2.45, 2.75) is 19.0 Å². The van der Waals surface area contributed by atoms with Gasteiger partial charge in [-0.15, -0.1) is 0 Å². The normalized spacial score (nSPS) is 19.8. The standard InChI is InChI=1S/C9H16FNO3/c10-8-1-3-11(4-2-8)5-6-14-7-9(12)13/h8H,1-7H2,(H,12,13). The van der Waals surface area contributed by atoms with Crippen molar-refractivity contribution in [2.24, 2.45) is 0 Å². The first-order valence-corrected chi connectivity index (χ1v) is 4.84. The van der Waals surface area contributed by atoms with E-state index >= 15 is 0 Å². The number of alkyl halides is 1. The average Bonchev–Trinajstić information content (AvgIpc) is 2.15. The Bertz CT molecular complexity index is 181. The van der Waals surface area contributed by atoms with Crippen LogP contribution in [0.1, 0.15) is 12.8 Å². The van der Waals surface area contributed by atoms with Gasteiger partial charge < -0.3 is 14.7 Å².